The Morgan fingerprint density at radius 1 is 1.25 bits per heavy atom. The molecule has 2 aromatic rings. The summed E-state index contributed by atoms with van der Waals surface area (Å²) in [6.07, 6.45) is 4.21. The first-order valence-corrected chi connectivity index (χ1v) is 6.79. The quantitative estimate of drug-likeness (QED) is 0.809. The van der Waals surface area contributed by atoms with Gasteiger partial charge in [-0.25, -0.2) is 0 Å². The first kappa shape index (κ1) is 14.3. The molecule has 3 N–H and O–H groups in total. The number of nitrogens with zero attached hydrogens (tertiary/aromatic N) is 2. The number of nitrogens with two attached hydrogens (primary N) is 1. The molecule has 1 aromatic carbocycles. The highest BCUT2D eigenvalue weighted by molar-refractivity contribution is 5.34. The van der Waals surface area contributed by atoms with Gasteiger partial charge in [-0.2, -0.15) is 4.98 Å². The Kier molecular flexibility index (Phi) is 5.32. The van der Waals surface area contributed by atoms with Gasteiger partial charge in [0.15, 0.2) is 0 Å². The third-order valence-electron chi connectivity index (χ3n) is 2.80. The molecule has 0 aliphatic rings. The van der Waals surface area contributed by atoms with Gasteiger partial charge in [0.25, 0.3) is 0 Å². The molecule has 0 fully saturated rings. The van der Waals surface area contributed by atoms with E-state index in [1.807, 2.05) is 30.3 Å². The van der Waals surface area contributed by atoms with Gasteiger partial charge in [0.2, 0.25) is 5.88 Å². The molecule has 20 heavy (non-hydrogen) atoms. The van der Waals surface area contributed by atoms with Crippen molar-refractivity contribution < 1.29 is 4.74 Å². The highest BCUT2D eigenvalue weighted by atomic mass is 16.5. The largest absolute Gasteiger partial charge is 0.477 e. The van der Waals surface area contributed by atoms with E-state index in [-0.39, 0.29) is 6.04 Å². The molecule has 0 saturated carbocycles. The predicted octanol–water partition coefficient (Wildman–Crippen LogP) is 2.38. The number of nitrogens with one attached hydrogen (secondary N) is 1. The summed E-state index contributed by atoms with van der Waals surface area (Å²) in [5.74, 6) is 1.20. The molecule has 0 amide bonds. The van der Waals surface area contributed by atoms with E-state index < -0.39 is 0 Å². The van der Waals surface area contributed by atoms with E-state index in [0.29, 0.717) is 24.8 Å². The molecule has 0 aliphatic heterocycles. The second-order valence-electron chi connectivity index (χ2n) is 4.49. The number of ether oxygens (including phenoxy) is 1. The Labute approximate surface area is 119 Å². The van der Waals surface area contributed by atoms with Crippen LogP contribution in [0.4, 0.5) is 5.82 Å². The van der Waals surface area contributed by atoms with E-state index in [1.165, 1.54) is 0 Å². The number of hydrogen-bond acceptors (Lipinski definition) is 5. The second-order valence-corrected chi connectivity index (χ2v) is 4.49. The van der Waals surface area contributed by atoms with E-state index in [4.69, 9.17) is 10.5 Å². The lowest BCUT2D eigenvalue weighted by Crippen LogP contribution is -2.21. The minimum absolute atomic E-state index is 0.0850. The van der Waals surface area contributed by atoms with Gasteiger partial charge in [-0.1, -0.05) is 37.3 Å². The van der Waals surface area contributed by atoms with Gasteiger partial charge in [-0.05, 0) is 12.0 Å². The van der Waals surface area contributed by atoms with Crippen LogP contribution in [0.25, 0.3) is 0 Å². The molecule has 5 heteroatoms. The zero-order chi connectivity index (χ0) is 14.2. The molecular formula is C15H20N4O. The Hall–Kier alpha value is -2.14. The Bertz CT molecular complexity index is 518. The lowest BCUT2D eigenvalue weighted by molar-refractivity contribution is 0.304. The van der Waals surface area contributed by atoms with Crippen molar-refractivity contribution in [1.82, 2.24) is 9.97 Å². The van der Waals surface area contributed by atoms with Crippen molar-refractivity contribution in [3.05, 3.63) is 48.3 Å². The minimum Gasteiger partial charge on any atom is -0.477 e. The standard InChI is InChI=1S/C15H20N4O/c1-2-8-20-15-11-17-10-14(19-15)18-9-13(16)12-6-4-3-5-7-12/h3-7,10-11,13H,2,8-9,16H2,1H3,(H,18,19). The summed E-state index contributed by atoms with van der Waals surface area (Å²) < 4.78 is 5.44. The molecule has 1 atom stereocenters. The van der Waals surface area contributed by atoms with Crippen molar-refractivity contribution in [3.63, 3.8) is 0 Å². The molecule has 106 valence electrons. The average Bonchev–Trinajstić information content (AvgIpc) is 2.52. The molecule has 0 radical (unpaired) electrons. The summed E-state index contributed by atoms with van der Waals surface area (Å²) in [6.45, 7) is 3.28. The molecule has 2 rings (SSSR count). The average molecular weight is 272 g/mol. The Balaban J connectivity index is 1.90. The van der Waals surface area contributed by atoms with Crippen LogP contribution in [-0.4, -0.2) is 23.1 Å². The van der Waals surface area contributed by atoms with Gasteiger partial charge in [0, 0.05) is 12.6 Å². The number of hydrogen-bond donors (Lipinski definition) is 2. The third-order valence-corrected chi connectivity index (χ3v) is 2.80. The highest BCUT2D eigenvalue weighted by Crippen LogP contribution is 2.12. The Morgan fingerprint density at radius 2 is 2.05 bits per heavy atom. The van der Waals surface area contributed by atoms with E-state index in [9.17, 15) is 0 Å². The fraction of sp³-hybridized carbons (Fsp3) is 0.333. The lowest BCUT2D eigenvalue weighted by Gasteiger charge is -2.13. The van der Waals surface area contributed by atoms with E-state index in [0.717, 1.165) is 12.0 Å². The maximum absolute atomic E-state index is 6.12. The van der Waals surface area contributed by atoms with Crippen LogP contribution in [0, 0.1) is 0 Å². The maximum Gasteiger partial charge on any atom is 0.234 e. The molecule has 0 spiro atoms. The predicted molar refractivity (Wildman–Crippen MR) is 79.7 cm³/mol. The molecule has 0 saturated heterocycles. The highest BCUT2D eigenvalue weighted by Gasteiger charge is 2.06. The SMILES string of the molecule is CCCOc1cncc(NCC(N)c2ccccc2)n1. The molecule has 1 unspecified atom stereocenters. The van der Waals surface area contributed by atoms with Crippen LogP contribution in [0.5, 0.6) is 5.88 Å². The summed E-state index contributed by atoms with van der Waals surface area (Å²) >= 11 is 0. The van der Waals surface area contributed by atoms with Crippen LogP contribution in [-0.2, 0) is 0 Å². The van der Waals surface area contributed by atoms with Crippen molar-refractivity contribution in [2.24, 2.45) is 5.73 Å². The number of aromatic nitrogens is 2. The van der Waals surface area contributed by atoms with Crippen molar-refractivity contribution in [2.75, 3.05) is 18.5 Å². The third kappa shape index (κ3) is 4.20. The van der Waals surface area contributed by atoms with Crippen LogP contribution in [0.2, 0.25) is 0 Å². The minimum atomic E-state index is -0.0850. The fourth-order valence-corrected chi connectivity index (χ4v) is 1.74. The van der Waals surface area contributed by atoms with E-state index in [1.54, 1.807) is 12.4 Å². The molecule has 5 nitrogen and oxygen atoms in total. The van der Waals surface area contributed by atoms with Gasteiger partial charge in [0.1, 0.15) is 5.82 Å². The lowest BCUT2D eigenvalue weighted by atomic mass is 10.1. The van der Waals surface area contributed by atoms with Gasteiger partial charge in [0.05, 0.1) is 19.0 Å². The summed E-state index contributed by atoms with van der Waals surface area (Å²) in [5, 5.41) is 3.18. The van der Waals surface area contributed by atoms with Crippen molar-refractivity contribution in [3.8, 4) is 5.88 Å². The number of benzene rings is 1. The van der Waals surface area contributed by atoms with Crippen LogP contribution in [0.3, 0.4) is 0 Å². The Morgan fingerprint density at radius 3 is 2.80 bits per heavy atom. The monoisotopic (exact) mass is 272 g/mol. The topological polar surface area (TPSA) is 73.1 Å². The van der Waals surface area contributed by atoms with Crippen LogP contribution < -0.4 is 15.8 Å². The van der Waals surface area contributed by atoms with Gasteiger partial charge in [-0.15, -0.1) is 0 Å². The number of rotatable bonds is 7. The summed E-state index contributed by atoms with van der Waals surface area (Å²) in [5.41, 5.74) is 7.21. The maximum atomic E-state index is 6.12. The smallest absolute Gasteiger partial charge is 0.234 e. The van der Waals surface area contributed by atoms with Gasteiger partial charge < -0.3 is 15.8 Å². The molecule has 1 aromatic heterocycles. The van der Waals surface area contributed by atoms with E-state index >= 15 is 0 Å². The van der Waals surface area contributed by atoms with Crippen molar-refractivity contribution in [1.29, 1.82) is 0 Å². The van der Waals surface area contributed by atoms with E-state index in [2.05, 4.69) is 22.2 Å². The number of anilines is 1. The van der Waals surface area contributed by atoms with Gasteiger partial charge >= 0.3 is 0 Å². The fourth-order valence-electron chi connectivity index (χ4n) is 1.74. The molecule has 0 bridgehead atoms. The zero-order valence-electron chi connectivity index (χ0n) is 11.6. The normalized spacial score (nSPS) is 11.9. The van der Waals surface area contributed by atoms with Crippen LogP contribution >= 0.6 is 0 Å². The first-order valence-electron chi connectivity index (χ1n) is 6.79. The van der Waals surface area contributed by atoms with Crippen molar-refractivity contribution >= 4 is 5.82 Å². The zero-order valence-corrected chi connectivity index (χ0v) is 11.6. The molecule has 0 aliphatic carbocycles. The van der Waals surface area contributed by atoms with Crippen molar-refractivity contribution in [2.45, 2.75) is 19.4 Å². The second kappa shape index (κ2) is 7.45. The summed E-state index contributed by atoms with van der Waals surface area (Å²) in [6, 6.07) is 9.88. The summed E-state index contributed by atoms with van der Waals surface area (Å²) in [7, 11) is 0. The van der Waals surface area contributed by atoms with Gasteiger partial charge in [-0.3, -0.25) is 4.98 Å². The summed E-state index contributed by atoms with van der Waals surface area (Å²) in [4.78, 5) is 8.42. The van der Waals surface area contributed by atoms with Crippen LogP contribution in [0.1, 0.15) is 24.9 Å². The first-order chi connectivity index (χ1) is 9.79. The molecular weight excluding hydrogens is 252 g/mol. The molecule has 1 heterocycles. The van der Waals surface area contributed by atoms with Crippen LogP contribution in [0.15, 0.2) is 42.7 Å².